The number of rotatable bonds is 11. The van der Waals surface area contributed by atoms with Gasteiger partial charge in [-0.3, -0.25) is 4.79 Å². The van der Waals surface area contributed by atoms with Crippen molar-refractivity contribution in [2.24, 2.45) is 5.92 Å². The molecule has 3 rings (SSSR count). The Bertz CT molecular complexity index is 1120. The number of aromatic nitrogens is 2. The minimum absolute atomic E-state index is 0.126. The molecule has 182 valence electrons. The first kappa shape index (κ1) is 25.2. The van der Waals surface area contributed by atoms with Crippen molar-refractivity contribution in [2.45, 2.75) is 39.7 Å². The molecule has 0 aliphatic carbocycles. The summed E-state index contributed by atoms with van der Waals surface area (Å²) < 4.78 is 11.9. The molecule has 0 saturated heterocycles. The van der Waals surface area contributed by atoms with Crippen LogP contribution < -0.4 is 10.6 Å². The lowest BCUT2D eigenvalue weighted by Gasteiger charge is -2.14. The van der Waals surface area contributed by atoms with Gasteiger partial charge in [0.15, 0.2) is 5.69 Å². The number of ether oxygens (including phenoxy) is 2. The van der Waals surface area contributed by atoms with Crippen LogP contribution in [0.1, 0.15) is 49.2 Å². The number of aryl methyl sites for hydroxylation is 1. The van der Waals surface area contributed by atoms with Crippen molar-refractivity contribution >= 4 is 34.3 Å². The second-order valence-corrected chi connectivity index (χ2v) is 8.82. The Labute approximate surface area is 200 Å². The normalized spacial score (nSPS) is 12.1. The number of hydrogen-bond donors (Lipinski definition) is 2. The van der Waals surface area contributed by atoms with E-state index in [1.807, 2.05) is 28.8 Å². The molecule has 1 atom stereocenters. The third-order valence-corrected chi connectivity index (χ3v) is 5.73. The summed E-state index contributed by atoms with van der Waals surface area (Å²) in [5.41, 5.74) is 3.33. The molecule has 2 N–H and O–H groups in total. The number of nitrogens with one attached hydrogen (secondary N) is 2. The Morgan fingerprint density at radius 3 is 2.50 bits per heavy atom. The van der Waals surface area contributed by atoms with Gasteiger partial charge in [-0.15, -0.1) is 0 Å². The summed E-state index contributed by atoms with van der Waals surface area (Å²) in [5, 5.41) is 6.95. The Balaban J connectivity index is 2.01. The molecule has 0 bridgehead atoms. The number of amides is 1. The van der Waals surface area contributed by atoms with Crippen molar-refractivity contribution in [1.82, 2.24) is 9.55 Å². The van der Waals surface area contributed by atoms with Gasteiger partial charge in [-0.1, -0.05) is 51.1 Å². The first-order chi connectivity index (χ1) is 16.3. The van der Waals surface area contributed by atoms with Gasteiger partial charge in [0, 0.05) is 25.6 Å². The summed E-state index contributed by atoms with van der Waals surface area (Å²) in [7, 11) is 2.78. The molecule has 34 heavy (non-hydrogen) atoms. The van der Waals surface area contributed by atoms with Crippen LogP contribution in [0.5, 0.6) is 0 Å². The lowest BCUT2D eigenvalue weighted by Crippen LogP contribution is -2.20. The maximum atomic E-state index is 12.8. The van der Waals surface area contributed by atoms with Gasteiger partial charge in [0.25, 0.3) is 0 Å². The highest BCUT2D eigenvalue weighted by molar-refractivity contribution is 6.11. The van der Waals surface area contributed by atoms with Crippen LogP contribution in [0.15, 0.2) is 42.6 Å². The molecule has 1 unspecified atom stereocenters. The lowest BCUT2D eigenvalue weighted by molar-refractivity contribution is -0.119. The molecule has 3 aromatic rings. The fourth-order valence-electron chi connectivity index (χ4n) is 3.84. The van der Waals surface area contributed by atoms with Crippen LogP contribution in [0.25, 0.3) is 11.0 Å². The molecule has 0 radical (unpaired) electrons. The number of anilines is 2. The van der Waals surface area contributed by atoms with E-state index in [1.54, 1.807) is 6.20 Å². The van der Waals surface area contributed by atoms with Crippen LogP contribution in [-0.2, 0) is 20.8 Å². The maximum Gasteiger partial charge on any atom is 0.356 e. The molecule has 8 nitrogen and oxygen atoms in total. The maximum absolute atomic E-state index is 12.8. The molecule has 0 fully saturated rings. The Kier molecular flexibility index (Phi) is 8.65. The zero-order valence-electron chi connectivity index (χ0n) is 20.6. The summed E-state index contributed by atoms with van der Waals surface area (Å²) >= 11 is 0. The van der Waals surface area contributed by atoms with E-state index in [4.69, 9.17) is 9.47 Å². The number of pyridine rings is 1. The summed E-state index contributed by atoms with van der Waals surface area (Å²) in [6.45, 7) is 7.55. The number of carbonyl (C=O) groups excluding carboxylic acids is 2. The van der Waals surface area contributed by atoms with Gasteiger partial charge in [-0.05, 0) is 29.9 Å². The standard InChI is InChI=1S/C26H34N4O4/c1-17(2)11-12-30-24(26(32)34-5)23(29-22(31)16-33-4)21-13-20(15-28-25(21)30)27-14-18(3)19-9-7-6-8-10-19/h6-10,13,15,17-18,27H,11-12,14,16H2,1-5H3,(H,29,31). The van der Waals surface area contributed by atoms with E-state index in [-0.39, 0.29) is 18.2 Å². The SMILES string of the molecule is COCC(=O)Nc1c(C(=O)OC)n(CCC(C)C)c2ncc(NCC(C)c3ccccc3)cc12. The van der Waals surface area contributed by atoms with Crippen molar-refractivity contribution in [1.29, 1.82) is 0 Å². The van der Waals surface area contributed by atoms with Gasteiger partial charge < -0.3 is 24.7 Å². The number of hydrogen-bond acceptors (Lipinski definition) is 6. The van der Waals surface area contributed by atoms with E-state index in [9.17, 15) is 9.59 Å². The summed E-state index contributed by atoms with van der Waals surface area (Å²) in [4.78, 5) is 29.9. The van der Waals surface area contributed by atoms with E-state index >= 15 is 0 Å². The molecule has 0 saturated carbocycles. The van der Waals surface area contributed by atoms with Crippen LogP contribution in [0.4, 0.5) is 11.4 Å². The monoisotopic (exact) mass is 466 g/mol. The van der Waals surface area contributed by atoms with E-state index in [2.05, 4.69) is 48.5 Å². The van der Waals surface area contributed by atoms with E-state index in [0.29, 0.717) is 41.6 Å². The number of fused-ring (bicyclic) bond motifs is 1. The highest BCUT2D eigenvalue weighted by Crippen LogP contribution is 2.33. The van der Waals surface area contributed by atoms with Crippen LogP contribution in [0.3, 0.4) is 0 Å². The molecular formula is C26H34N4O4. The van der Waals surface area contributed by atoms with Crippen LogP contribution in [-0.4, -0.2) is 48.8 Å². The smallest absolute Gasteiger partial charge is 0.356 e. The number of methoxy groups -OCH3 is 2. The average Bonchev–Trinajstić information content (AvgIpc) is 3.13. The molecule has 1 aromatic carbocycles. The van der Waals surface area contributed by atoms with E-state index in [1.165, 1.54) is 19.8 Å². The first-order valence-corrected chi connectivity index (χ1v) is 11.5. The van der Waals surface area contributed by atoms with E-state index < -0.39 is 5.97 Å². The summed E-state index contributed by atoms with van der Waals surface area (Å²) in [5.74, 6) is -0.165. The minimum atomic E-state index is -0.526. The molecule has 8 heteroatoms. The van der Waals surface area contributed by atoms with Crippen molar-refractivity contribution in [2.75, 3.05) is 38.0 Å². The number of nitrogens with zero attached hydrogens (tertiary/aromatic N) is 2. The molecule has 0 spiro atoms. The Hall–Kier alpha value is -3.39. The zero-order valence-corrected chi connectivity index (χ0v) is 20.6. The Morgan fingerprint density at radius 2 is 1.85 bits per heavy atom. The van der Waals surface area contributed by atoms with Gasteiger partial charge in [0.1, 0.15) is 12.3 Å². The second-order valence-electron chi connectivity index (χ2n) is 8.82. The quantitative estimate of drug-likeness (QED) is 0.399. The van der Waals surface area contributed by atoms with Crippen LogP contribution in [0.2, 0.25) is 0 Å². The lowest BCUT2D eigenvalue weighted by atomic mass is 10.0. The highest BCUT2D eigenvalue weighted by atomic mass is 16.5. The number of esters is 1. The number of carbonyl (C=O) groups is 2. The summed E-state index contributed by atoms with van der Waals surface area (Å²) in [6, 6.07) is 12.2. The molecule has 1 amide bonds. The van der Waals surface area contributed by atoms with Crippen molar-refractivity contribution in [3.8, 4) is 0 Å². The topological polar surface area (TPSA) is 94.5 Å². The third-order valence-electron chi connectivity index (χ3n) is 5.73. The highest BCUT2D eigenvalue weighted by Gasteiger charge is 2.26. The number of benzene rings is 1. The second kappa shape index (κ2) is 11.7. The van der Waals surface area contributed by atoms with Crippen molar-refractivity contribution in [3.63, 3.8) is 0 Å². The fraction of sp³-hybridized carbons (Fsp3) is 0.423. The van der Waals surface area contributed by atoms with Gasteiger partial charge >= 0.3 is 5.97 Å². The Morgan fingerprint density at radius 1 is 1.12 bits per heavy atom. The van der Waals surface area contributed by atoms with Gasteiger partial charge in [0.2, 0.25) is 5.91 Å². The molecule has 0 aliphatic heterocycles. The first-order valence-electron chi connectivity index (χ1n) is 11.5. The largest absolute Gasteiger partial charge is 0.464 e. The molecule has 0 aliphatic rings. The van der Waals surface area contributed by atoms with Crippen LogP contribution >= 0.6 is 0 Å². The van der Waals surface area contributed by atoms with Crippen molar-refractivity contribution in [3.05, 3.63) is 53.9 Å². The van der Waals surface area contributed by atoms with E-state index in [0.717, 1.165) is 12.1 Å². The van der Waals surface area contributed by atoms with Crippen molar-refractivity contribution < 1.29 is 19.1 Å². The molecular weight excluding hydrogens is 432 g/mol. The van der Waals surface area contributed by atoms with Gasteiger partial charge in [-0.25, -0.2) is 9.78 Å². The molecule has 2 aromatic heterocycles. The predicted molar refractivity (Wildman–Crippen MR) is 134 cm³/mol. The third kappa shape index (κ3) is 5.94. The predicted octanol–water partition coefficient (Wildman–Crippen LogP) is 4.67. The van der Waals surface area contributed by atoms with Crippen LogP contribution in [0, 0.1) is 5.92 Å². The van der Waals surface area contributed by atoms with Gasteiger partial charge in [-0.2, -0.15) is 0 Å². The minimum Gasteiger partial charge on any atom is -0.464 e. The summed E-state index contributed by atoms with van der Waals surface area (Å²) in [6.07, 6.45) is 2.60. The average molecular weight is 467 g/mol. The zero-order chi connectivity index (χ0) is 24.7. The fourth-order valence-corrected chi connectivity index (χ4v) is 3.84. The molecule has 2 heterocycles. The van der Waals surface area contributed by atoms with Gasteiger partial charge in [0.05, 0.1) is 24.7 Å².